The average molecular weight is 448 g/mol. The summed E-state index contributed by atoms with van der Waals surface area (Å²) in [6, 6.07) is 8.44. The normalized spacial score (nSPS) is 16.5. The highest BCUT2D eigenvalue weighted by Crippen LogP contribution is 2.36. The fourth-order valence-corrected chi connectivity index (χ4v) is 4.36. The number of hydrogen-bond acceptors (Lipinski definition) is 4. The first-order valence-electron chi connectivity index (χ1n) is 9.67. The molecule has 9 heteroatoms. The third kappa shape index (κ3) is 3.40. The lowest BCUT2D eigenvalue weighted by atomic mass is 9.90. The highest BCUT2D eigenvalue weighted by atomic mass is 35.5. The Morgan fingerprint density at radius 3 is 2.48 bits per heavy atom. The molecule has 0 saturated carbocycles. The Morgan fingerprint density at radius 2 is 1.81 bits per heavy atom. The topological polar surface area (TPSA) is 68.5 Å². The van der Waals surface area contributed by atoms with E-state index in [1.54, 1.807) is 17.0 Å². The maximum atomic E-state index is 13.0. The molecule has 3 heterocycles. The van der Waals surface area contributed by atoms with Crippen LogP contribution in [0.5, 0.6) is 0 Å². The van der Waals surface area contributed by atoms with Crippen molar-refractivity contribution < 1.29 is 22.7 Å². The Balaban J connectivity index is 1.37. The van der Waals surface area contributed by atoms with Crippen molar-refractivity contribution in [3.63, 3.8) is 0 Å². The van der Waals surface area contributed by atoms with Gasteiger partial charge in [0.2, 0.25) is 0 Å². The number of fused-ring (bicyclic) bond motifs is 3. The monoisotopic (exact) mass is 447 g/mol. The van der Waals surface area contributed by atoms with Crippen molar-refractivity contribution in [1.82, 2.24) is 9.88 Å². The molecule has 1 aromatic heterocycles. The number of likely N-dealkylation sites (tertiary alicyclic amines) is 1. The van der Waals surface area contributed by atoms with Crippen LogP contribution in [0.3, 0.4) is 0 Å². The van der Waals surface area contributed by atoms with Gasteiger partial charge in [0.05, 0.1) is 34.9 Å². The van der Waals surface area contributed by atoms with Gasteiger partial charge in [-0.15, -0.1) is 0 Å². The number of nitrogens with two attached hydrogens (primary N) is 1. The Bertz CT molecular complexity index is 1210. The molecule has 1 amide bonds. The van der Waals surface area contributed by atoms with Crippen LogP contribution in [0.25, 0.3) is 10.9 Å². The van der Waals surface area contributed by atoms with Crippen LogP contribution in [0, 0.1) is 0 Å². The molecule has 31 heavy (non-hydrogen) atoms. The van der Waals surface area contributed by atoms with Gasteiger partial charge in [-0.25, -0.2) is 4.98 Å². The van der Waals surface area contributed by atoms with Crippen molar-refractivity contribution in [2.45, 2.75) is 25.3 Å². The van der Waals surface area contributed by atoms with Crippen molar-refractivity contribution in [3.8, 4) is 0 Å². The molecule has 2 aliphatic rings. The summed E-state index contributed by atoms with van der Waals surface area (Å²) in [5.74, 6) is 0.168. The molecule has 0 unspecified atom stereocenters. The molecule has 1 saturated heterocycles. The quantitative estimate of drug-likeness (QED) is 0.615. The molecule has 2 aromatic carbocycles. The summed E-state index contributed by atoms with van der Waals surface area (Å²) in [5.41, 5.74) is 8.80. The summed E-state index contributed by atoms with van der Waals surface area (Å²) in [6.45, 7) is 1.62. The predicted molar refractivity (Wildman–Crippen MR) is 110 cm³/mol. The maximum Gasteiger partial charge on any atom is 0.416 e. The second kappa shape index (κ2) is 7.10. The number of nitrogen functional groups attached to an aromatic ring is 1. The number of benzene rings is 2. The van der Waals surface area contributed by atoms with Gasteiger partial charge in [-0.05, 0) is 35.4 Å². The number of carbonyl (C=O) groups excluding carboxylic acids is 1. The number of ether oxygens (including phenoxy) is 1. The van der Waals surface area contributed by atoms with Crippen LogP contribution in [-0.2, 0) is 24.1 Å². The van der Waals surface area contributed by atoms with Gasteiger partial charge in [0.25, 0.3) is 5.91 Å². The summed E-state index contributed by atoms with van der Waals surface area (Å²) in [7, 11) is 0. The summed E-state index contributed by atoms with van der Waals surface area (Å²) < 4.78 is 43.7. The van der Waals surface area contributed by atoms with E-state index < -0.39 is 11.7 Å². The molecule has 3 aromatic rings. The lowest BCUT2D eigenvalue weighted by Gasteiger charge is -2.40. The number of carbonyl (C=O) groups is 1. The number of rotatable bonds is 2. The highest BCUT2D eigenvalue weighted by molar-refractivity contribution is 6.34. The Kier molecular flexibility index (Phi) is 4.60. The molecule has 1 fully saturated rings. The highest BCUT2D eigenvalue weighted by Gasteiger charge is 2.35. The van der Waals surface area contributed by atoms with Crippen molar-refractivity contribution in [1.29, 1.82) is 0 Å². The zero-order valence-corrected chi connectivity index (χ0v) is 16.9. The fraction of sp³-hybridized carbons (Fsp3) is 0.273. The average Bonchev–Trinajstić information content (AvgIpc) is 3.17. The van der Waals surface area contributed by atoms with Gasteiger partial charge in [-0.1, -0.05) is 23.7 Å². The Morgan fingerprint density at radius 1 is 1.13 bits per heavy atom. The minimum absolute atomic E-state index is 0.00965. The van der Waals surface area contributed by atoms with Gasteiger partial charge in [0.1, 0.15) is 5.82 Å². The largest absolute Gasteiger partial charge is 0.416 e. The van der Waals surface area contributed by atoms with Crippen LogP contribution in [0.4, 0.5) is 19.0 Å². The standard InChI is InChI=1S/C22H17ClF3N3O2/c23-18-6-19-14(16-9-31-10-17(16)20(27)28-19)5-15(18)21(30)29-7-12(8-29)11-1-3-13(4-2-11)22(24,25)26/h1-6,12H,7-10H2,(H2,27,28). The van der Waals surface area contributed by atoms with E-state index in [2.05, 4.69) is 4.98 Å². The van der Waals surface area contributed by atoms with Gasteiger partial charge in [-0.2, -0.15) is 13.2 Å². The zero-order valence-electron chi connectivity index (χ0n) is 16.2. The maximum absolute atomic E-state index is 13.0. The minimum atomic E-state index is -4.36. The van der Waals surface area contributed by atoms with Crippen LogP contribution in [0.2, 0.25) is 5.02 Å². The molecule has 5 nitrogen and oxygen atoms in total. The van der Waals surface area contributed by atoms with Gasteiger partial charge < -0.3 is 15.4 Å². The van der Waals surface area contributed by atoms with E-state index in [4.69, 9.17) is 22.1 Å². The second-order valence-corrected chi connectivity index (χ2v) is 8.23. The van der Waals surface area contributed by atoms with E-state index in [-0.39, 0.29) is 16.8 Å². The van der Waals surface area contributed by atoms with E-state index in [1.807, 2.05) is 0 Å². The van der Waals surface area contributed by atoms with Gasteiger partial charge >= 0.3 is 6.18 Å². The summed E-state index contributed by atoms with van der Waals surface area (Å²) >= 11 is 6.37. The first-order chi connectivity index (χ1) is 14.7. The van der Waals surface area contributed by atoms with Crippen LogP contribution in [0.15, 0.2) is 36.4 Å². The number of hydrogen-bond donors (Lipinski definition) is 1. The molecule has 5 rings (SSSR count). The molecule has 2 aliphatic heterocycles. The Hall–Kier alpha value is -2.84. The van der Waals surface area contributed by atoms with E-state index in [9.17, 15) is 18.0 Å². The third-order valence-electron chi connectivity index (χ3n) is 5.93. The van der Waals surface area contributed by atoms with Gasteiger partial charge in [0, 0.05) is 30.0 Å². The van der Waals surface area contributed by atoms with Crippen molar-refractivity contribution in [2.75, 3.05) is 18.8 Å². The minimum Gasteiger partial charge on any atom is -0.383 e. The van der Waals surface area contributed by atoms with E-state index in [0.717, 1.165) is 34.2 Å². The number of halogens is 4. The van der Waals surface area contributed by atoms with Gasteiger partial charge in [0.15, 0.2) is 0 Å². The molecule has 0 radical (unpaired) electrons. The smallest absolute Gasteiger partial charge is 0.383 e. The van der Waals surface area contributed by atoms with Crippen LogP contribution < -0.4 is 5.73 Å². The van der Waals surface area contributed by atoms with E-state index >= 15 is 0 Å². The summed E-state index contributed by atoms with van der Waals surface area (Å²) in [6.07, 6.45) is -4.36. The molecular weight excluding hydrogens is 431 g/mol. The number of alkyl halides is 3. The molecule has 2 N–H and O–H groups in total. The molecular formula is C22H17ClF3N3O2. The number of anilines is 1. The molecule has 0 spiro atoms. The predicted octanol–water partition coefficient (Wildman–Crippen LogP) is 4.76. The van der Waals surface area contributed by atoms with E-state index in [1.165, 1.54) is 12.1 Å². The SMILES string of the molecule is Nc1nc2cc(Cl)c(C(=O)N3CC(c4ccc(C(F)(F)F)cc4)C3)cc2c2c1COC2. The number of amides is 1. The number of pyridine rings is 1. The number of aromatic nitrogens is 1. The lowest BCUT2D eigenvalue weighted by Crippen LogP contribution is -2.48. The van der Waals surface area contributed by atoms with Crippen molar-refractivity contribution in [2.24, 2.45) is 0 Å². The lowest BCUT2D eigenvalue weighted by molar-refractivity contribution is -0.137. The van der Waals surface area contributed by atoms with Gasteiger partial charge in [-0.3, -0.25) is 4.79 Å². The molecule has 0 bridgehead atoms. The van der Waals surface area contributed by atoms with E-state index in [0.29, 0.717) is 43.2 Å². The molecule has 0 aliphatic carbocycles. The summed E-state index contributed by atoms with van der Waals surface area (Å²) in [5, 5.41) is 1.07. The molecule has 160 valence electrons. The van der Waals surface area contributed by atoms with Crippen LogP contribution >= 0.6 is 11.6 Å². The fourth-order valence-electron chi connectivity index (χ4n) is 4.13. The van der Waals surface area contributed by atoms with Crippen molar-refractivity contribution >= 4 is 34.2 Å². The van der Waals surface area contributed by atoms with Crippen LogP contribution in [0.1, 0.15) is 38.5 Å². The zero-order chi connectivity index (χ0) is 21.9. The first-order valence-corrected chi connectivity index (χ1v) is 10.0. The first kappa shape index (κ1) is 20.1. The second-order valence-electron chi connectivity index (χ2n) is 7.82. The van der Waals surface area contributed by atoms with Crippen LogP contribution in [-0.4, -0.2) is 28.9 Å². The Labute approximate surface area is 180 Å². The van der Waals surface area contributed by atoms with Crippen molar-refractivity contribution in [3.05, 3.63) is 69.2 Å². The summed E-state index contributed by atoms with van der Waals surface area (Å²) in [4.78, 5) is 19.0. The number of nitrogens with zero attached hydrogens (tertiary/aromatic N) is 2. The third-order valence-corrected chi connectivity index (χ3v) is 6.24. The molecule has 0 atom stereocenters.